The van der Waals surface area contributed by atoms with E-state index in [4.69, 9.17) is 5.14 Å². The summed E-state index contributed by atoms with van der Waals surface area (Å²) in [6.07, 6.45) is 0. The number of benzene rings is 1. The Morgan fingerprint density at radius 1 is 1.42 bits per heavy atom. The molecule has 0 spiro atoms. The molecule has 2 nitrogen and oxygen atoms in total. The highest BCUT2D eigenvalue weighted by atomic mass is 32.2. The fourth-order valence-corrected chi connectivity index (χ4v) is 1.46. The maximum atomic E-state index is 5.45. The molecule has 66 valence electrons. The molecule has 3 heteroatoms. The van der Waals surface area contributed by atoms with Gasteiger partial charge in [0.2, 0.25) is 0 Å². The van der Waals surface area contributed by atoms with Crippen molar-refractivity contribution >= 4 is 11.9 Å². The fourth-order valence-electron chi connectivity index (χ4n) is 1.08. The van der Waals surface area contributed by atoms with E-state index in [1.54, 1.807) is 0 Å². The predicted octanol–water partition coefficient (Wildman–Crippen LogP) is 1.71. The van der Waals surface area contributed by atoms with Gasteiger partial charge in [-0.05, 0) is 43.7 Å². The highest BCUT2D eigenvalue weighted by molar-refractivity contribution is 7.97. The Morgan fingerprint density at radius 3 is 2.75 bits per heavy atom. The van der Waals surface area contributed by atoms with Gasteiger partial charge in [0.25, 0.3) is 0 Å². The van der Waals surface area contributed by atoms with Gasteiger partial charge < -0.3 is 4.90 Å². The van der Waals surface area contributed by atoms with Crippen LogP contribution in [0.1, 0.15) is 5.56 Å². The van der Waals surface area contributed by atoms with E-state index < -0.39 is 0 Å². The van der Waals surface area contributed by atoms with E-state index in [1.165, 1.54) is 17.5 Å². The lowest BCUT2D eigenvalue weighted by atomic mass is 10.2. The molecule has 0 heterocycles. The summed E-state index contributed by atoms with van der Waals surface area (Å²) < 4.78 is 0. The van der Waals surface area contributed by atoms with Gasteiger partial charge in [0.05, 0.1) is 0 Å². The van der Waals surface area contributed by atoms with Crippen LogP contribution in [0.3, 0.4) is 0 Å². The molecule has 0 aromatic heterocycles. The number of hydrogen-bond donors (Lipinski definition) is 1. The summed E-state index contributed by atoms with van der Waals surface area (Å²) in [5.41, 5.74) is 1.30. The highest BCUT2D eigenvalue weighted by Gasteiger charge is 1.95. The van der Waals surface area contributed by atoms with Crippen molar-refractivity contribution in [1.29, 1.82) is 0 Å². The molecule has 2 N–H and O–H groups in total. The summed E-state index contributed by atoms with van der Waals surface area (Å²) in [6.45, 7) is 0.967. The molecule has 1 aromatic rings. The van der Waals surface area contributed by atoms with E-state index >= 15 is 0 Å². The monoisotopic (exact) mass is 182 g/mol. The average Bonchev–Trinajstić information content (AvgIpc) is 2.03. The smallest absolute Gasteiger partial charge is 0.0229 e. The maximum Gasteiger partial charge on any atom is 0.0229 e. The van der Waals surface area contributed by atoms with Crippen LogP contribution in [0.4, 0.5) is 0 Å². The van der Waals surface area contributed by atoms with Gasteiger partial charge in [-0.1, -0.05) is 12.1 Å². The molecule has 0 aliphatic carbocycles. The fraction of sp³-hybridized carbons (Fsp3) is 0.333. The zero-order valence-corrected chi connectivity index (χ0v) is 8.27. The Labute approximate surface area is 77.9 Å². The van der Waals surface area contributed by atoms with Crippen LogP contribution < -0.4 is 5.14 Å². The Hall–Kier alpha value is -0.510. The summed E-state index contributed by atoms with van der Waals surface area (Å²) >= 11 is 1.29. The second kappa shape index (κ2) is 4.50. The third kappa shape index (κ3) is 2.85. The molecule has 0 bridgehead atoms. The van der Waals surface area contributed by atoms with Crippen LogP contribution in [0.5, 0.6) is 0 Å². The van der Waals surface area contributed by atoms with Crippen molar-refractivity contribution in [3.63, 3.8) is 0 Å². The van der Waals surface area contributed by atoms with E-state index in [0.717, 1.165) is 11.4 Å². The van der Waals surface area contributed by atoms with Gasteiger partial charge in [-0.2, -0.15) is 0 Å². The molecule has 0 saturated heterocycles. The van der Waals surface area contributed by atoms with Crippen LogP contribution in [-0.2, 0) is 6.54 Å². The van der Waals surface area contributed by atoms with Gasteiger partial charge in [-0.15, -0.1) is 0 Å². The quantitative estimate of drug-likeness (QED) is 0.722. The second-order valence-electron chi connectivity index (χ2n) is 3.00. The standard InChI is InChI=1S/C9H14N2S/c1-11(2)7-8-4-3-5-9(6-8)12-10/h3-6H,7,10H2,1-2H3. The minimum absolute atomic E-state index is 0.967. The van der Waals surface area contributed by atoms with Gasteiger partial charge in [0.1, 0.15) is 0 Å². The molecule has 0 saturated carbocycles. The molecule has 0 aliphatic rings. The van der Waals surface area contributed by atoms with Crippen molar-refractivity contribution in [3.8, 4) is 0 Å². The number of rotatable bonds is 3. The number of nitrogens with two attached hydrogens (primary N) is 1. The first-order chi connectivity index (χ1) is 5.72. The zero-order chi connectivity index (χ0) is 8.97. The van der Waals surface area contributed by atoms with Crippen molar-refractivity contribution in [3.05, 3.63) is 29.8 Å². The molecule has 1 aromatic carbocycles. The Balaban J connectivity index is 2.72. The highest BCUT2D eigenvalue weighted by Crippen LogP contribution is 2.13. The van der Waals surface area contributed by atoms with Crippen LogP contribution in [0.15, 0.2) is 29.2 Å². The van der Waals surface area contributed by atoms with Crippen molar-refractivity contribution in [2.45, 2.75) is 11.4 Å². The SMILES string of the molecule is CN(C)Cc1cccc(SN)c1. The summed E-state index contributed by atoms with van der Waals surface area (Å²) in [6, 6.07) is 8.28. The van der Waals surface area contributed by atoms with Crippen LogP contribution in [0.2, 0.25) is 0 Å². The minimum atomic E-state index is 0.967. The van der Waals surface area contributed by atoms with E-state index in [-0.39, 0.29) is 0 Å². The van der Waals surface area contributed by atoms with Gasteiger partial charge in [0, 0.05) is 11.4 Å². The third-order valence-electron chi connectivity index (χ3n) is 1.53. The summed E-state index contributed by atoms with van der Waals surface area (Å²) in [5, 5.41) is 5.45. The van der Waals surface area contributed by atoms with Gasteiger partial charge >= 0.3 is 0 Å². The molecule has 0 atom stereocenters. The molecule has 12 heavy (non-hydrogen) atoms. The molecular weight excluding hydrogens is 168 g/mol. The Bertz CT molecular complexity index is 248. The van der Waals surface area contributed by atoms with Crippen LogP contribution >= 0.6 is 11.9 Å². The number of hydrogen-bond acceptors (Lipinski definition) is 3. The predicted molar refractivity (Wildman–Crippen MR) is 53.9 cm³/mol. The normalized spacial score (nSPS) is 10.7. The van der Waals surface area contributed by atoms with Gasteiger partial charge in [-0.3, -0.25) is 5.14 Å². The van der Waals surface area contributed by atoms with Crippen LogP contribution in [0.25, 0.3) is 0 Å². The van der Waals surface area contributed by atoms with Crippen molar-refractivity contribution in [2.24, 2.45) is 5.14 Å². The van der Waals surface area contributed by atoms with Crippen LogP contribution in [0, 0.1) is 0 Å². The largest absolute Gasteiger partial charge is 0.305 e. The first kappa shape index (κ1) is 9.58. The summed E-state index contributed by atoms with van der Waals surface area (Å²) in [7, 11) is 4.12. The van der Waals surface area contributed by atoms with E-state index in [0.29, 0.717) is 0 Å². The summed E-state index contributed by atoms with van der Waals surface area (Å²) in [5.74, 6) is 0. The second-order valence-corrected chi connectivity index (χ2v) is 3.71. The molecule has 0 unspecified atom stereocenters. The Kier molecular flexibility index (Phi) is 3.59. The minimum Gasteiger partial charge on any atom is -0.305 e. The Morgan fingerprint density at radius 2 is 2.17 bits per heavy atom. The van der Waals surface area contributed by atoms with Crippen molar-refractivity contribution in [1.82, 2.24) is 4.90 Å². The molecule has 0 amide bonds. The van der Waals surface area contributed by atoms with Gasteiger partial charge in [-0.25, -0.2) is 0 Å². The first-order valence-electron chi connectivity index (χ1n) is 3.83. The number of nitrogens with zero attached hydrogens (tertiary/aromatic N) is 1. The maximum absolute atomic E-state index is 5.45. The average molecular weight is 182 g/mol. The topological polar surface area (TPSA) is 29.3 Å². The summed E-state index contributed by atoms with van der Waals surface area (Å²) in [4.78, 5) is 3.26. The molecule has 0 aliphatic heterocycles. The van der Waals surface area contributed by atoms with Crippen molar-refractivity contribution < 1.29 is 0 Å². The lowest BCUT2D eigenvalue weighted by Crippen LogP contribution is -2.10. The first-order valence-corrected chi connectivity index (χ1v) is 4.71. The van der Waals surface area contributed by atoms with E-state index in [9.17, 15) is 0 Å². The third-order valence-corrected chi connectivity index (χ3v) is 2.06. The lowest BCUT2D eigenvalue weighted by molar-refractivity contribution is 0.402. The molecular formula is C9H14N2S. The lowest BCUT2D eigenvalue weighted by Gasteiger charge is -2.09. The zero-order valence-electron chi connectivity index (χ0n) is 7.45. The molecule has 0 radical (unpaired) electrons. The van der Waals surface area contributed by atoms with Crippen LogP contribution in [-0.4, -0.2) is 19.0 Å². The van der Waals surface area contributed by atoms with Crippen molar-refractivity contribution in [2.75, 3.05) is 14.1 Å². The van der Waals surface area contributed by atoms with E-state index in [2.05, 4.69) is 31.1 Å². The van der Waals surface area contributed by atoms with Gasteiger partial charge in [0.15, 0.2) is 0 Å². The molecule has 0 fully saturated rings. The van der Waals surface area contributed by atoms with E-state index in [1.807, 2.05) is 12.1 Å². The molecule has 1 rings (SSSR count).